The molecule has 2 fully saturated rings. The number of aromatic nitrogens is 1. The largest absolute Gasteiger partial charge is 0.323 e. The van der Waals surface area contributed by atoms with Crippen molar-refractivity contribution in [3.63, 3.8) is 0 Å². The van der Waals surface area contributed by atoms with Gasteiger partial charge in [-0.2, -0.15) is 0 Å². The molecule has 2 aliphatic carbocycles. The average Bonchev–Trinajstić information content (AvgIpc) is 2.65. The molecule has 1 aromatic heterocycles. The van der Waals surface area contributed by atoms with Crippen LogP contribution in [0.4, 0.5) is 5.69 Å². The van der Waals surface area contributed by atoms with Crippen molar-refractivity contribution < 1.29 is 4.79 Å². The molecular weight excluding hydrogens is 414 g/mol. The predicted octanol–water partition coefficient (Wildman–Crippen LogP) is 5.31. The normalized spacial score (nSPS) is 20.4. The number of anilines is 1. The summed E-state index contributed by atoms with van der Waals surface area (Å²) in [7, 11) is 0. The Hall–Kier alpha value is -0.650. The van der Waals surface area contributed by atoms with E-state index in [1.165, 1.54) is 64.2 Å². The van der Waals surface area contributed by atoms with Crippen LogP contribution in [0.1, 0.15) is 64.2 Å². The van der Waals surface area contributed by atoms with E-state index in [0.717, 1.165) is 10.3 Å². The number of nitrogens with zero attached hydrogens (tertiary/aromatic N) is 1. The molecule has 0 aromatic carbocycles. The summed E-state index contributed by atoms with van der Waals surface area (Å²) < 4.78 is 0.761. The standard InChI is InChI=1S/C20H30BrN3O.ClH/c21-17-12-11-16(13-23-17)24-20(25)19(22)18(14-7-3-1-4-8-14)15-9-5-2-6-10-15;/h11-15,18-19H,1-10,22H2,(H,24,25);1H/t19-;/m0./s1. The van der Waals surface area contributed by atoms with E-state index >= 15 is 0 Å². The molecule has 146 valence electrons. The molecule has 2 saturated carbocycles. The molecular formula is C20H31BrClN3O. The number of amides is 1. The van der Waals surface area contributed by atoms with Crippen LogP contribution in [0.5, 0.6) is 0 Å². The van der Waals surface area contributed by atoms with Gasteiger partial charge in [-0.25, -0.2) is 4.98 Å². The van der Waals surface area contributed by atoms with Gasteiger partial charge < -0.3 is 11.1 Å². The van der Waals surface area contributed by atoms with Crippen LogP contribution in [0.25, 0.3) is 0 Å². The average molecular weight is 445 g/mol. The maximum absolute atomic E-state index is 12.8. The van der Waals surface area contributed by atoms with E-state index < -0.39 is 6.04 Å². The molecule has 2 aliphatic rings. The second-order valence-electron chi connectivity index (χ2n) is 7.76. The van der Waals surface area contributed by atoms with Crippen LogP contribution >= 0.6 is 28.3 Å². The Morgan fingerprint density at radius 2 is 1.58 bits per heavy atom. The number of hydrogen-bond acceptors (Lipinski definition) is 3. The van der Waals surface area contributed by atoms with E-state index in [2.05, 4.69) is 26.2 Å². The smallest absolute Gasteiger partial charge is 0.241 e. The SMILES string of the molecule is Cl.N[C@H](C(=O)Nc1ccc(Br)nc1)C(C1CCCCC1)C1CCCCC1. The molecule has 1 heterocycles. The van der Waals surface area contributed by atoms with E-state index in [9.17, 15) is 4.79 Å². The first kappa shape index (κ1) is 21.6. The van der Waals surface area contributed by atoms with Crippen LogP contribution in [0, 0.1) is 17.8 Å². The summed E-state index contributed by atoms with van der Waals surface area (Å²) in [4.78, 5) is 17.0. The van der Waals surface area contributed by atoms with Gasteiger partial charge in [0.05, 0.1) is 17.9 Å². The van der Waals surface area contributed by atoms with Crippen LogP contribution in [0.15, 0.2) is 22.9 Å². The predicted molar refractivity (Wildman–Crippen MR) is 112 cm³/mol. The third kappa shape index (κ3) is 5.67. The molecule has 1 aromatic rings. The van der Waals surface area contributed by atoms with Crippen LogP contribution in [0.3, 0.4) is 0 Å². The van der Waals surface area contributed by atoms with Gasteiger partial charge in [0.2, 0.25) is 5.91 Å². The Kier molecular flexibility index (Phi) is 8.85. The second kappa shape index (κ2) is 10.6. The van der Waals surface area contributed by atoms with Gasteiger partial charge in [-0.1, -0.05) is 64.2 Å². The lowest BCUT2D eigenvalue weighted by Gasteiger charge is -2.40. The van der Waals surface area contributed by atoms with Gasteiger partial charge in [0.1, 0.15) is 4.60 Å². The van der Waals surface area contributed by atoms with Crippen LogP contribution < -0.4 is 11.1 Å². The lowest BCUT2D eigenvalue weighted by Crippen LogP contribution is -2.48. The van der Waals surface area contributed by atoms with Gasteiger partial charge in [0.25, 0.3) is 0 Å². The molecule has 26 heavy (non-hydrogen) atoms. The minimum absolute atomic E-state index is 0. The number of carbonyl (C=O) groups is 1. The molecule has 0 saturated heterocycles. The maximum atomic E-state index is 12.8. The summed E-state index contributed by atoms with van der Waals surface area (Å²) in [6.07, 6.45) is 14.5. The third-order valence-corrected chi connectivity index (χ3v) is 6.57. The molecule has 1 amide bonds. The van der Waals surface area contributed by atoms with Crippen molar-refractivity contribution in [1.29, 1.82) is 0 Å². The molecule has 6 heteroatoms. The van der Waals surface area contributed by atoms with E-state index in [4.69, 9.17) is 5.73 Å². The summed E-state index contributed by atoms with van der Waals surface area (Å²) in [5, 5.41) is 2.98. The second-order valence-corrected chi connectivity index (χ2v) is 8.57. The third-order valence-electron chi connectivity index (χ3n) is 6.10. The fourth-order valence-corrected chi connectivity index (χ4v) is 5.09. The summed E-state index contributed by atoms with van der Waals surface area (Å²) in [6.45, 7) is 0. The number of halogens is 2. The van der Waals surface area contributed by atoms with Crippen LogP contribution in [-0.4, -0.2) is 16.9 Å². The number of nitrogens with one attached hydrogen (secondary N) is 1. The van der Waals surface area contributed by atoms with E-state index in [0.29, 0.717) is 17.8 Å². The van der Waals surface area contributed by atoms with E-state index in [1.807, 2.05) is 12.1 Å². The highest BCUT2D eigenvalue weighted by Gasteiger charge is 2.38. The highest BCUT2D eigenvalue weighted by atomic mass is 79.9. The number of carbonyl (C=O) groups excluding carboxylic acids is 1. The van der Waals surface area contributed by atoms with E-state index in [-0.39, 0.29) is 18.3 Å². The number of rotatable bonds is 5. The highest BCUT2D eigenvalue weighted by Crippen LogP contribution is 2.41. The van der Waals surface area contributed by atoms with Crippen molar-refractivity contribution in [2.75, 3.05) is 5.32 Å². The zero-order valence-corrected chi connectivity index (χ0v) is 17.7. The molecule has 1 atom stereocenters. The zero-order chi connectivity index (χ0) is 17.6. The molecule has 3 N–H and O–H groups in total. The fourth-order valence-electron chi connectivity index (χ4n) is 4.86. The van der Waals surface area contributed by atoms with Gasteiger partial charge in [-0.15, -0.1) is 12.4 Å². The Labute approximate surface area is 171 Å². The van der Waals surface area contributed by atoms with Gasteiger partial charge in [0.15, 0.2) is 0 Å². The Morgan fingerprint density at radius 3 is 2.04 bits per heavy atom. The Balaban J connectivity index is 0.00000243. The molecule has 3 rings (SSSR count). The van der Waals surface area contributed by atoms with Crippen molar-refractivity contribution >= 4 is 39.9 Å². The molecule has 0 radical (unpaired) electrons. The van der Waals surface area contributed by atoms with Crippen molar-refractivity contribution in [2.45, 2.75) is 70.3 Å². The minimum Gasteiger partial charge on any atom is -0.323 e. The van der Waals surface area contributed by atoms with Crippen molar-refractivity contribution in [1.82, 2.24) is 4.98 Å². The minimum atomic E-state index is -0.421. The monoisotopic (exact) mass is 443 g/mol. The Bertz CT molecular complexity index is 539. The number of nitrogens with two attached hydrogens (primary N) is 1. The number of pyridine rings is 1. The molecule has 4 nitrogen and oxygen atoms in total. The first-order valence-electron chi connectivity index (χ1n) is 9.83. The highest BCUT2D eigenvalue weighted by molar-refractivity contribution is 9.10. The van der Waals surface area contributed by atoms with Crippen LogP contribution in [-0.2, 0) is 4.79 Å². The fraction of sp³-hybridized carbons (Fsp3) is 0.700. The summed E-state index contributed by atoms with van der Waals surface area (Å²) in [6, 6.07) is 3.27. The van der Waals surface area contributed by atoms with Gasteiger partial charge >= 0.3 is 0 Å². The maximum Gasteiger partial charge on any atom is 0.241 e. The number of hydrogen-bond donors (Lipinski definition) is 2. The molecule has 0 spiro atoms. The van der Waals surface area contributed by atoms with Gasteiger partial charge in [0, 0.05) is 0 Å². The van der Waals surface area contributed by atoms with Crippen molar-refractivity contribution in [3.05, 3.63) is 22.9 Å². The molecule has 0 bridgehead atoms. The molecule has 0 unspecified atom stereocenters. The lowest BCUT2D eigenvalue weighted by molar-refractivity contribution is -0.120. The van der Waals surface area contributed by atoms with Crippen molar-refractivity contribution in [3.8, 4) is 0 Å². The van der Waals surface area contributed by atoms with Crippen LogP contribution in [0.2, 0.25) is 0 Å². The first-order valence-corrected chi connectivity index (χ1v) is 10.6. The first-order chi connectivity index (χ1) is 12.1. The summed E-state index contributed by atoms with van der Waals surface area (Å²) in [5.74, 6) is 1.50. The van der Waals surface area contributed by atoms with E-state index in [1.54, 1.807) is 6.20 Å². The van der Waals surface area contributed by atoms with Gasteiger partial charge in [-0.3, -0.25) is 4.79 Å². The van der Waals surface area contributed by atoms with Gasteiger partial charge in [-0.05, 0) is 45.8 Å². The summed E-state index contributed by atoms with van der Waals surface area (Å²) >= 11 is 3.32. The Morgan fingerprint density at radius 1 is 1.04 bits per heavy atom. The quantitative estimate of drug-likeness (QED) is 0.605. The lowest BCUT2D eigenvalue weighted by atomic mass is 9.66. The zero-order valence-electron chi connectivity index (χ0n) is 15.3. The van der Waals surface area contributed by atoms with Crippen molar-refractivity contribution in [2.24, 2.45) is 23.5 Å². The molecule has 0 aliphatic heterocycles. The topological polar surface area (TPSA) is 68.0 Å². The summed E-state index contributed by atoms with van der Waals surface area (Å²) in [5.41, 5.74) is 7.28.